The minimum atomic E-state index is -2.55. The van der Waals surface area contributed by atoms with Crippen molar-refractivity contribution in [1.29, 1.82) is 0 Å². The Bertz CT molecular complexity index is 2320. The highest BCUT2D eigenvalue weighted by Crippen LogP contribution is 2.50. The van der Waals surface area contributed by atoms with E-state index >= 15 is 0 Å². The zero-order valence-corrected chi connectivity index (χ0v) is 31.2. The molecule has 1 amide bonds. The number of nitrogens with zero attached hydrogens (tertiary/aromatic N) is 2. The van der Waals surface area contributed by atoms with Gasteiger partial charge in [0.1, 0.15) is 47.2 Å². The van der Waals surface area contributed by atoms with Crippen molar-refractivity contribution >= 4 is 34.8 Å². The lowest BCUT2D eigenvalue weighted by molar-refractivity contribution is -0.329. The fourth-order valence-electron chi connectivity index (χ4n) is 8.96. The normalized spacial score (nSPS) is 28.6. The van der Waals surface area contributed by atoms with Gasteiger partial charge in [0.2, 0.25) is 6.29 Å². The average Bonchev–Trinajstić information content (AvgIpc) is 3.98. The molecule has 2 fully saturated rings. The molecule has 9 rings (SSSR count). The lowest BCUT2D eigenvalue weighted by atomic mass is 9.86. The molecule has 0 aromatic heterocycles. The predicted molar refractivity (Wildman–Crippen MR) is 208 cm³/mol. The van der Waals surface area contributed by atoms with Crippen LogP contribution in [0.3, 0.4) is 0 Å². The Kier molecular flexibility index (Phi) is 9.55. The number of aliphatic hydroxyl groups excluding tert-OH is 3. The van der Waals surface area contributed by atoms with Crippen LogP contribution >= 0.6 is 0 Å². The molecule has 57 heavy (non-hydrogen) atoms. The van der Waals surface area contributed by atoms with Crippen molar-refractivity contribution in [2.45, 2.75) is 74.5 Å². The molecule has 3 aromatic rings. The molecule has 2 bridgehead atoms. The summed E-state index contributed by atoms with van der Waals surface area (Å²) in [7, 11) is 1.47. The van der Waals surface area contributed by atoms with Crippen molar-refractivity contribution in [1.82, 2.24) is 4.90 Å². The van der Waals surface area contributed by atoms with E-state index in [9.17, 15) is 35.1 Å². The predicted octanol–water partition coefficient (Wildman–Crippen LogP) is 4.05. The number of rotatable bonds is 7. The number of benzene rings is 3. The average molecular weight is 776 g/mol. The molecule has 13 nitrogen and oxygen atoms in total. The lowest BCUT2D eigenvalue weighted by Crippen LogP contribution is -2.69. The number of amides is 1. The van der Waals surface area contributed by atoms with Crippen molar-refractivity contribution in [2.75, 3.05) is 26.9 Å². The van der Waals surface area contributed by atoms with Crippen molar-refractivity contribution in [2.24, 2.45) is 4.99 Å². The Morgan fingerprint density at radius 3 is 2.74 bits per heavy atom. The van der Waals surface area contributed by atoms with Gasteiger partial charge in [0.15, 0.2) is 17.1 Å². The van der Waals surface area contributed by atoms with Crippen LogP contribution in [0.5, 0.6) is 17.2 Å². The number of carbonyl (C=O) groups excluding carboxylic acids is 2. The number of fused-ring (bicyclic) bond motifs is 7. The SMILES string of the molecule is COc1cc2cc(C3CCCC3)c(C(=O)CN3Cc4ccccc4C3=O)c(O)c2c2c1/C=C/[C@H](C1=C3[CH+]C=CC=C3N=C1)OC[C@H]1O[C@H](O2)[C@@](O)(CO)[C@@H](O)[C@@H]1O. The van der Waals surface area contributed by atoms with Gasteiger partial charge >= 0.3 is 0 Å². The number of ether oxygens (including phenoxy) is 4. The van der Waals surface area contributed by atoms with Gasteiger partial charge in [0.05, 0.1) is 55.2 Å². The monoisotopic (exact) mass is 775 g/mol. The van der Waals surface area contributed by atoms with Crippen molar-refractivity contribution in [3.05, 3.63) is 112 Å². The minimum absolute atomic E-state index is 0.0424. The summed E-state index contributed by atoms with van der Waals surface area (Å²) >= 11 is 0. The maximum Gasteiger partial charge on any atom is 0.254 e. The Morgan fingerprint density at radius 2 is 1.96 bits per heavy atom. The van der Waals surface area contributed by atoms with Crippen LogP contribution in [0.2, 0.25) is 0 Å². The molecule has 13 heteroatoms. The second-order valence-corrected chi connectivity index (χ2v) is 15.4. The number of aliphatic hydroxyl groups is 4. The zero-order valence-electron chi connectivity index (χ0n) is 31.2. The summed E-state index contributed by atoms with van der Waals surface area (Å²) in [5, 5.41) is 57.7. The highest BCUT2D eigenvalue weighted by atomic mass is 16.7. The Labute approximate surface area is 328 Å². The summed E-state index contributed by atoms with van der Waals surface area (Å²) in [6.45, 7) is -1.37. The van der Waals surface area contributed by atoms with E-state index in [0.717, 1.165) is 42.5 Å². The number of phenols is 1. The second-order valence-electron chi connectivity index (χ2n) is 15.4. The molecular weight excluding hydrogens is 732 g/mol. The topological polar surface area (TPSA) is 188 Å². The molecule has 0 spiro atoms. The molecule has 294 valence electrons. The van der Waals surface area contributed by atoms with Crippen LogP contribution in [-0.2, 0) is 16.0 Å². The zero-order chi connectivity index (χ0) is 39.6. The number of Topliss-reactive ketones (excluding diaryl/α,β-unsaturated/α-hetero) is 1. The number of hydrogen-bond donors (Lipinski definition) is 5. The molecule has 6 aliphatic rings. The maximum absolute atomic E-state index is 14.6. The molecule has 6 atom stereocenters. The second kappa shape index (κ2) is 14.6. The summed E-state index contributed by atoms with van der Waals surface area (Å²) < 4.78 is 25.0. The van der Waals surface area contributed by atoms with E-state index in [1.165, 1.54) is 12.0 Å². The van der Waals surface area contributed by atoms with Crippen molar-refractivity contribution in [3.63, 3.8) is 0 Å². The van der Waals surface area contributed by atoms with Gasteiger partial charge in [-0.05, 0) is 65.6 Å². The molecule has 2 aliphatic carbocycles. The number of phenolic OH excluding ortho intramolecular Hbond substituents is 1. The Hall–Kier alpha value is -5.28. The minimum Gasteiger partial charge on any atom is -0.506 e. The number of aromatic hydroxyl groups is 1. The van der Waals surface area contributed by atoms with Gasteiger partial charge in [-0.2, -0.15) is 4.99 Å². The van der Waals surface area contributed by atoms with E-state index < -0.39 is 54.4 Å². The molecule has 1 saturated carbocycles. The van der Waals surface area contributed by atoms with Gasteiger partial charge in [0.25, 0.3) is 5.91 Å². The van der Waals surface area contributed by atoms with Crippen molar-refractivity contribution < 1.29 is 54.1 Å². The number of carbonyl (C=O) groups is 2. The molecule has 0 unspecified atom stereocenters. The fourth-order valence-corrected chi connectivity index (χ4v) is 8.96. The van der Waals surface area contributed by atoms with Crippen LogP contribution in [0, 0.1) is 6.42 Å². The van der Waals surface area contributed by atoms with E-state index in [0.29, 0.717) is 27.8 Å². The summed E-state index contributed by atoms with van der Waals surface area (Å²) in [4.78, 5) is 34.0. The van der Waals surface area contributed by atoms with E-state index in [4.69, 9.17) is 18.9 Å². The van der Waals surface area contributed by atoms with Gasteiger partial charge in [-0.1, -0.05) is 31.0 Å². The van der Waals surface area contributed by atoms with Crippen LogP contribution in [0.1, 0.15) is 69.0 Å². The Balaban J connectivity index is 1.24. The summed E-state index contributed by atoms with van der Waals surface area (Å²) in [5.74, 6) is -0.956. The molecule has 3 aromatic carbocycles. The lowest BCUT2D eigenvalue weighted by Gasteiger charge is -2.47. The standard InChI is InChI=1S/C44H42N2O11/c1-54-34-17-25-16-29(23-8-2-3-9-23)37(32(48)20-46-19-24-10-4-5-11-26(24)42(46)52)39(50)36(25)40-28(34)14-15-33(30-18-45-31-13-7-6-12-27(30)31)55-21-35-38(49)41(51)44(53,22-47)43(56-35)57-40/h4-7,10-18,23,33,35,38,41,43,47,49,51,53H,2-3,8-9,19-22H2,1H3/p+1/b15-14+/t33-,35-,38-,41+,43-,44-/m1/s1. The van der Waals surface area contributed by atoms with E-state index in [2.05, 4.69) is 4.99 Å². The number of ketones is 1. The van der Waals surface area contributed by atoms with Gasteiger partial charge in [-0.15, -0.1) is 0 Å². The van der Waals surface area contributed by atoms with Crippen LogP contribution in [0.4, 0.5) is 0 Å². The van der Waals surface area contributed by atoms with Gasteiger partial charge < -0.3 is 49.4 Å². The number of hydrogen-bond acceptors (Lipinski definition) is 12. The molecule has 5 N–H and O–H groups in total. The first-order chi connectivity index (χ1) is 27.6. The first kappa shape index (κ1) is 37.3. The molecule has 4 heterocycles. The highest BCUT2D eigenvalue weighted by molar-refractivity contribution is 6.11. The van der Waals surface area contributed by atoms with E-state index in [-0.39, 0.29) is 53.8 Å². The van der Waals surface area contributed by atoms with Crippen molar-refractivity contribution in [3.8, 4) is 17.2 Å². The first-order valence-corrected chi connectivity index (χ1v) is 19.2. The van der Waals surface area contributed by atoms with Gasteiger partial charge in [-0.3, -0.25) is 9.59 Å². The Morgan fingerprint density at radius 1 is 1.16 bits per heavy atom. The summed E-state index contributed by atoms with van der Waals surface area (Å²) in [5.41, 5.74) is 2.02. The molecule has 1 saturated heterocycles. The van der Waals surface area contributed by atoms with E-state index in [1.807, 2.05) is 42.8 Å². The summed E-state index contributed by atoms with van der Waals surface area (Å²) in [6.07, 6.45) is 8.63. The quantitative estimate of drug-likeness (QED) is 0.172. The molecule has 4 aliphatic heterocycles. The van der Waals surface area contributed by atoms with E-state index in [1.54, 1.807) is 36.6 Å². The number of methoxy groups -OCH3 is 1. The third kappa shape index (κ3) is 6.17. The third-order valence-electron chi connectivity index (χ3n) is 12.1. The third-order valence-corrected chi connectivity index (χ3v) is 12.1. The van der Waals surface area contributed by atoms with Gasteiger partial charge in [0, 0.05) is 36.8 Å². The largest absolute Gasteiger partial charge is 0.506 e. The number of allylic oxidation sites excluding steroid dienone is 4. The van der Waals surface area contributed by atoms with Crippen LogP contribution in [-0.4, -0.2) is 112 Å². The summed E-state index contributed by atoms with van der Waals surface area (Å²) in [6, 6.07) is 10.8. The van der Waals surface area contributed by atoms with Crippen LogP contribution in [0.25, 0.3) is 16.8 Å². The maximum atomic E-state index is 14.6. The fraction of sp³-hybridized carbons (Fsp3) is 0.364. The number of aliphatic imine (C=N–C) groups is 1. The first-order valence-electron chi connectivity index (χ1n) is 19.2. The molecular formula is C44H43N2O11+. The smallest absolute Gasteiger partial charge is 0.254 e. The van der Waals surface area contributed by atoms with Crippen LogP contribution < -0.4 is 9.47 Å². The highest BCUT2D eigenvalue weighted by Gasteiger charge is 2.57. The van der Waals surface area contributed by atoms with Crippen LogP contribution in [0.15, 0.2) is 82.5 Å². The van der Waals surface area contributed by atoms with Gasteiger partial charge in [-0.25, -0.2) is 0 Å². The molecule has 0 radical (unpaired) electrons.